The van der Waals surface area contributed by atoms with Crippen LogP contribution in [0.1, 0.15) is 10.7 Å². The monoisotopic (exact) mass is 244 g/mol. The van der Waals surface area contributed by atoms with Crippen molar-refractivity contribution in [2.45, 2.75) is 12.8 Å². The van der Waals surface area contributed by atoms with Crippen molar-refractivity contribution in [1.82, 2.24) is 15.2 Å². The molecule has 4 nitrogen and oxygen atoms in total. The molecule has 0 saturated heterocycles. The van der Waals surface area contributed by atoms with Crippen molar-refractivity contribution in [3.63, 3.8) is 0 Å². The molecule has 3 aromatic rings. The highest BCUT2D eigenvalue weighted by atomic mass is 32.1. The predicted molar refractivity (Wildman–Crippen MR) is 70.0 cm³/mol. The number of para-hydroxylation sites is 1. The van der Waals surface area contributed by atoms with Gasteiger partial charge in [-0.15, -0.1) is 11.3 Å². The summed E-state index contributed by atoms with van der Waals surface area (Å²) in [6, 6.07) is 10.1. The highest BCUT2D eigenvalue weighted by Crippen LogP contribution is 2.22. The Kier molecular flexibility index (Phi) is 2.53. The molecule has 86 valence electrons. The topological polar surface area (TPSA) is 67.6 Å². The average molecular weight is 244 g/mol. The smallest absolute Gasteiger partial charge is 0.145 e. The number of aryl methyl sites for hydroxylation is 2. The van der Waals surface area contributed by atoms with E-state index in [-0.39, 0.29) is 0 Å². The third-order valence-electron chi connectivity index (χ3n) is 2.60. The lowest BCUT2D eigenvalue weighted by molar-refractivity contribution is 0.888. The summed E-state index contributed by atoms with van der Waals surface area (Å²) < 4.78 is 1.24. The van der Waals surface area contributed by atoms with Crippen LogP contribution in [0.25, 0.3) is 10.2 Å². The van der Waals surface area contributed by atoms with E-state index in [0.717, 1.165) is 29.1 Å². The number of aromatic nitrogens is 3. The number of H-pyrrole nitrogens is 1. The number of aromatic amines is 1. The maximum Gasteiger partial charge on any atom is 0.145 e. The lowest BCUT2D eigenvalue weighted by Gasteiger charge is -1.92. The molecule has 5 heteroatoms. The predicted octanol–water partition coefficient (Wildman–Crippen LogP) is 2.39. The summed E-state index contributed by atoms with van der Waals surface area (Å²) in [7, 11) is 0. The summed E-state index contributed by atoms with van der Waals surface area (Å²) in [5.74, 6) is 0.546. The number of nitrogens with two attached hydrogens (primary N) is 1. The quantitative estimate of drug-likeness (QED) is 0.743. The normalized spacial score (nSPS) is 11.1. The Morgan fingerprint density at radius 2 is 2.12 bits per heavy atom. The van der Waals surface area contributed by atoms with Crippen LogP contribution in [0.5, 0.6) is 0 Å². The summed E-state index contributed by atoms with van der Waals surface area (Å²) in [6.07, 6.45) is 1.81. The number of nitrogen functional groups attached to an aromatic ring is 1. The molecule has 3 N–H and O–H groups in total. The van der Waals surface area contributed by atoms with Crippen LogP contribution in [0.15, 0.2) is 30.3 Å². The number of benzene rings is 1. The molecular weight excluding hydrogens is 232 g/mol. The van der Waals surface area contributed by atoms with E-state index in [1.54, 1.807) is 11.3 Å². The lowest BCUT2D eigenvalue weighted by atomic mass is 10.2. The first kappa shape index (κ1) is 10.3. The molecule has 0 aliphatic carbocycles. The number of anilines is 1. The van der Waals surface area contributed by atoms with Gasteiger partial charge >= 0.3 is 0 Å². The number of nitrogens with zero attached hydrogens (tertiary/aromatic N) is 2. The Morgan fingerprint density at radius 3 is 2.88 bits per heavy atom. The van der Waals surface area contributed by atoms with Crippen molar-refractivity contribution in [1.29, 1.82) is 0 Å². The van der Waals surface area contributed by atoms with E-state index in [1.807, 2.05) is 24.3 Å². The molecule has 1 aromatic carbocycles. The summed E-state index contributed by atoms with van der Waals surface area (Å²) in [6.45, 7) is 0. The third-order valence-corrected chi connectivity index (χ3v) is 3.69. The molecule has 0 aliphatic rings. The Labute approximate surface area is 102 Å². The molecule has 0 radical (unpaired) electrons. The lowest BCUT2D eigenvalue weighted by Crippen LogP contribution is -1.90. The highest BCUT2D eigenvalue weighted by molar-refractivity contribution is 7.18. The number of rotatable bonds is 3. The Morgan fingerprint density at radius 1 is 1.24 bits per heavy atom. The van der Waals surface area contributed by atoms with Crippen LogP contribution in [0, 0.1) is 0 Å². The van der Waals surface area contributed by atoms with Crippen LogP contribution in [-0.4, -0.2) is 15.2 Å². The van der Waals surface area contributed by atoms with Crippen molar-refractivity contribution in [3.8, 4) is 0 Å². The van der Waals surface area contributed by atoms with E-state index in [9.17, 15) is 0 Å². The number of thiazole rings is 1. The van der Waals surface area contributed by atoms with Crippen LogP contribution in [0.4, 0.5) is 5.82 Å². The van der Waals surface area contributed by atoms with Crippen molar-refractivity contribution in [2.75, 3.05) is 5.73 Å². The first-order chi connectivity index (χ1) is 8.31. The fourth-order valence-corrected chi connectivity index (χ4v) is 2.74. The summed E-state index contributed by atoms with van der Waals surface area (Å²) in [4.78, 5) is 4.59. The zero-order valence-electron chi connectivity index (χ0n) is 9.18. The first-order valence-corrected chi connectivity index (χ1v) is 6.27. The number of hydrogen-bond donors (Lipinski definition) is 2. The van der Waals surface area contributed by atoms with Gasteiger partial charge in [0.2, 0.25) is 0 Å². The zero-order valence-corrected chi connectivity index (χ0v) is 10.00. The van der Waals surface area contributed by atoms with E-state index >= 15 is 0 Å². The number of nitrogens with one attached hydrogen (secondary N) is 1. The molecular formula is C12H12N4S. The summed E-state index contributed by atoms with van der Waals surface area (Å²) >= 11 is 1.75. The molecule has 0 saturated carbocycles. The number of hydrogen-bond acceptors (Lipinski definition) is 4. The van der Waals surface area contributed by atoms with Gasteiger partial charge in [-0.1, -0.05) is 12.1 Å². The molecule has 0 atom stereocenters. The molecule has 17 heavy (non-hydrogen) atoms. The molecule has 0 aliphatic heterocycles. The SMILES string of the molecule is Nc1cc(CCc2nc3ccccc3s2)[nH]n1. The van der Waals surface area contributed by atoms with Crippen LogP contribution in [-0.2, 0) is 12.8 Å². The molecule has 2 heterocycles. The van der Waals surface area contributed by atoms with Crippen LogP contribution >= 0.6 is 11.3 Å². The molecule has 0 fully saturated rings. The Hall–Kier alpha value is -1.88. The van der Waals surface area contributed by atoms with Gasteiger partial charge in [-0.05, 0) is 18.6 Å². The van der Waals surface area contributed by atoms with Gasteiger partial charge in [-0.25, -0.2) is 4.98 Å². The molecule has 0 spiro atoms. The van der Waals surface area contributed by atoms with Gasteiger partial charge in [0.15, 0.2) is 0 Å². The molecule has 3 rings (SSSR count). The van der Waals surface area contributed by atoms with Gasteiger partial charge in [-0.3, -0.25) is 5.10 Å². The van der Waals surface area contributed by atoms with Crippen LogP contribution in [0.3, 0.4) is 0 Å². The largest absolute Gasteiger partial charge is 0.382 e. The molecule has 2 aromatic heterocycles. The standard InChI is InChI=1S/C12H12N4S/c13-11-7-8(15-16-11)5-6-12-14-9-3-1-2-4-10(9)17-12/h1-4,7H,5-6H2,(H3,13,15,16). The minimum atomic E-state index is 0.546. The third kappa shape index (κ3) is 2.14. The van der Waals surface area contributed by atoms with Crippen molar-refractivity contribution in [3.05, 3.63) is 41.0 Å². The second-order valence-electron chi connectivity index (χ2n) is 3.89. The van der Waals surface area contributed by atoms with Gasteiger partial charge < -0.3 is 5.73 Å². The Bertz CT molecular complexity index is 608. The minimum absolute atomic E-state index is 0.546. The zero-order chi connectivity index (χ0) is 11.7. The van der Waals surface area contributed by atoms with Crippen molar-refractivity contribution < 1.29 is 0 Å². The summed E-state index contributed by atoms with van der Waals surface area (Å²) in [5, 5.41) is 7.97. The van der Waals surface area contributed by atoms with Crippen molar-refractivity contribution in [2.24, 2.45) is 0 Å². The van der Waals surface area contributed by atoms with E-state index in [1.165, 1.54) is 4.70 Å². The maximum absolute atomic E-state index is 5.55. The van der Waals surface area contributed by atoms with E-state index in [2.05, 4.69) is 21.2 Å². The maximum atomic E-state index is 5.55. The number of fused-ring (bicyclic) bond motifs is 1. The van der Waals surface area contributed by atoms with Gasteiger partial charge in [-0.2, -0.15) is 5.10 Å². The van der Waals surface area contributed by atoms with Crippen LogP contribution in [0.2, 0.25) is 0 Å². The van der Waals surface area contributed by atoms with Crippen molar-refractivity contribution >= 4 is 27.4 Å². The van der Waals surface area contributed by atoms with E-state index in [0.29, 0.717) is 5.82 Å². The molecule has 0 amide bonds. The van der Waals surface area contributed by atoms with Gasteiger partial charge in [0.05, 0.1) is 15.2 Å². The average Bonchev–Trinajstić information content (AvgIpc) is 2.91. The minimum Gasteiger partial charge on any atom is -0.382 e. The molecule has 0 unspecified atom stereocenters. The van der Waals surface area contributed by atoms with Crippen LogP contribution < -0.4 is 5.73 Å². The Balaban J connectivity index is 1.76. The second kappa shape index (κ2) is 4.18. The second-order valence-corrected chi connectivity index (χ2v) is 5.01. The first-order valence-electron chi connectivity index (χ1n) is 5.45. The van der Waals surface area contributed by atoms with E-state index in [4.69, 9.17) is 5.73 Å². The highest BCUT2D eigenvalue weighted by Gasteiger charge is 2.04. The van der Waals surface area contributed by atoms with Gasteiger partial charge in [0, 0.05) is 18.2 Å². The van der Waals surface area contributed by atoms with E-state index < -0.39 is 0 Å². The van der Waals surface area contributed by atoms with Gasteiger partial charge in [0.1, 0.15) is 5.82 Å². The molecule has 0 bridgehead atoms. The fourth-order valence-electron chi connectivity index (χ4n) is 1.78. The van der Waals surface area contributed by atoms with Gasteiger partial charge in [0.25, 0.3) is 0 Å². The summed E-state index contributed by atoms with van der Waals surface area (Å²) in [5.41, 5.74) is 7.69. The fraction of sp³-hybridized carbons (Fsp3) is 0.167.